The van der Waals surface area contributed by atoms with Gasteiger partial charge in [-0.25, -0.2) is 0 Å². The first-order chi connectivity index (χ1) is 10.6. The molecule has 22 heavy (non-hydrogen) atoms. The minimum atomic E-state index is -0.245. The van der Waals surface area contributed by atoms with Gasteiger partial charge in [-0.1, -0.05) is 11.3 Å². The van der Waals surface area contributed by atoms with E-state index in [1.54, 1.807) is 9.80 Å². The molecule has 1 aromatic rings. The molecule has 8 nitrogen and oxygen atoms in total. The van der Waals surface area contributed by atoms with Crippen molar-refractivity contribution in [1.29, 1.82) is 0 Å². The van der Waals surface area contributed by atoms with E-state index in [-0.39, 0.29) is 30.6 Å². The molecular formula is C13H19N5O3S. The molecule has 0 aliphatic carbocycles. The second-order valence-electron chi connectivity index (χ2n) is 5.03. The van der Waals surface area contributed by atoms with Gasteiger partial charge in [-0.05, 0) is 6.42 Å². The van der Waals surface area contributed by atoms with Crippen LogP contribution in [-0.4, -0.2) is 63.9 Å². The number of nitrogens with zero attached hydrogens (tertiary/aromatic N) is 4. The number of carbonyl (C=O) groups is 3. The molecule has 1 saturated heterocycles. The van der Waals surface area contributed by atoms with Gasteiger partial charge in [0.05, 0.1) is 0 Å². The van der Waals surface area contributed by atoms with Crippen LogP contribution < -0.4 is 5.32 Å². The van der Waals surface area contributed by atoms with E-state index in [9.17, 15) is 14.4 Å². The zero-order chi connectivity index (χ0) is 15.9. The number of anilines is 1. The van der Waals surface area contributed by atoms with Crippen LogP contribution in [0.5, 0.6) is 0 Å². The third kappa shape index (κ3) is 4.76. The highest BCUT2D eigenvalue weighted by Crippen LogP contribution is 2.10. The van der Waals surface area contributed by atoms with Crippen molar-refractivity contribution in [2.24, 2.45) is 0 Å². The predicted octanol–water partition coefficient (Wildman–Crippen LogP) is 0.338. The average Bonchev–Trinajstić information content (AvgIpc) is 2.85. The molecule has 2 rings (SSSR count). The molecule has 0 aromatic carbocycles. The second kappa shape index (κ2) is 7.83. The first kappa shape index (κ1) is 16.3. The number of aromatic nitrogens is 2. The number of rotatable bonds is 4. The van der Waals surface area contributed by atoms with Gasteiger partial charge in [0.25, 0.3) is 0 Å². The molecule has 1 aliphatic heterocycles. The van der Waals surface area contributed by atoms with E-state index in [2.05, 4.69) is 15.5 Å². The third-order valence-electron chi connectivity index (χ3n) is 3.47. The van der Waals surface area contributed by atoms with Gasteiger partial charge < -0.3 is 15.1 Å². The first-order valence-electron chi connectivity index (χ1n) is 7.15. The van der Waals surface area contributed by atoms with E-state index in [1.807, 2.05) is 0 Å². The molecule has 9 heteroatoms. The Morgan fingerprint density at radius 1 is 1.18 bits per heavy atom. The van der Waals surface area contributed by atoms with Gasteiger partial charge in [0.15, 0.2) is 0 Å². The van der Waals surface area contributed by atoms with Gasteiger partial charge >= 0.3 is 0 Å². The summed E-state index contributed by atoms with van der Waals surface area (Å²) in [6, 6.07) is 0. The Labute approximate surface area is 132 Å². The summed E-state index contributed by atoms with van der Waals surface area (Å²) in [5, 5.41) is 10.4. The van der Waals surface area contributed by atoms with E-state index < -0.39 is 0 Å². The lowest BCUT2D eigenvalue weighted by Gasteiger charge is -2.21. The Hall–Kier alpha value is -2.03. The summed E-state index contributed by atoms with van der Waals surface area (Å²) in [6.45, 7) is 3.92. The summed E-state index contributed by atoms with van der Waals surface area (Å²) in [6.07, 6.45) is 1.04. The van der Waals surface area contributed by atoms with Gasteiger partial charge in [0.1, 0.15) is 5.51 Å². The number of amides is 3. The van der Waals surface area contributed by atoms with Crippen molar-refractivity contribution in [3.05, 3.63) is 5.51 Å². The smallest absolute Gasteiger partial charge is 0.226 e. The van der Waals surface area contributed by atoms with Crippen molar-refractivity contribution < 1.29 is 14.4 Å². The van der Waals surface area contributed by atoms with Crippen LogP contribution in [0.25, 0.3) is 0 Å². The lowest BCUT2D eigenvalue weighted by atomic mass is 10.2. The van der Waals surface area contributed by atoms with Crippen molar-refractivity contribution in [1.82, 2.24) is 20.0 Å². The molecule has 0 bridgehead atoms. The number of hydrogen-bond donors (Lipinski definition) is 1. The van der Waals surface area contributed by atoms with E-state index in [4.69, 9.17) is 0 Å². The Bertz CT molecular complexity index is 534. The fraction of sp³-hybridized carbons (Fsp3) is 0.615. The minimum absolute atomic E-state index is 0.0331. The van der Waals surface area contributed by atoms with E-state index >= 15 is 0 Å². The maximum atomic E-state index is 12.2. The van der Waals surface area contributed by atoms with E-state index in [0.717, 1.165) is 6.42 Å². The largest absolute Gasteiger partial charge is 0.341 e. The Morgan fingerprint density at radius 2 is 1.91 bits per heavy atom. The fourth-order valence-electron chi connectivity index (χ4n) is 2.27. The van der Waals surface area contributed by atoms with E-state index in [0.29, 0.717) is 31.3 Å². The summed E-state index contributed by atoms with van der Waals surface area (Å²) in [7, 11) is 0. The molecule has 1 aliphatic rings. The van der Waals surface area contributed by atoms with Gasteiger partial charge in [-0.3, -0.25) is 14.4 Å². The zero-order valence-electron chi connectivity index (χ0n) is 12.4. The van der Waals surface area contributed by atoms with Crippen LogP contribution in [0, 0.1) is 0 Å². The molecule has 0 spiro atoms. The quantitative estimate of drug-likeness (QED) is 0.861. The highest BCUT2D eigenvalue weighted by atomic mass is 32.1. The van der Waals surface area contributed by atoms with Crippen molar-refractivity contribution in [2.75, 3.05) is 31.5 Å². The van der Waals surface area contributed by atoms with Crippen LogP contribution >= 0.6 is 11.3 Å². The highest BCUT2D eigenvalue weighted by molar-refractivity contribution is 7.13. The van der Waals surface area contributed by atoms with Crippen molar-refractivity contribution in [3.63, 3.8) is 0 Å². The van der Waals surface area contributed by atoms with Gasteiger partial charge in [-0.2, -0.15) is 0 Å². The normalized spacial score (nSPS) is 15.3. The minimum Gasteiger partial charge on any atom is -0.341 e. The average molecular weight is 325 g/mol. The first-order valence-corrected chi connectivity index (χ1v) is 8.03. The molecule has 1 aromatic heterocycles. The Kier molecular flexibility index (Phi) is 5.82. The van der Waals surface area contributed by atoms with Crippen LogP contribution in [0.3, 0.4) is 0 Å². The Balaban J connectivity index is 1.74. The van der Waals surface area contributed by atoms with Gasteiger partial charge in [0, 0.05) is 45.9 Å². The lowest BCUT2D eigenvalue weighted by molar-refractivity contribution is -0.133. The molecule has 1 N–H and O–H groups in total. The van der Waals surface area contributed by atoms with E-state index in [1.165, 1.54) is 23.8 Å². The summed E-state index contributed by atoms with van der Waals surface area (Å²) in [5.74, 6) is -0.270. The summed E-state index contributed by atoms with van der Waals surface area (Å²) >= 11 is 1.23. The molecule has 3 amide bonds. The SMILES string of the molecule is CC(=O)N1CCCN(C(=O)CCC(=O)Nc2nncs2)CC1. The van der Waals surface area contributed by atoms with Crippen molar-refractivity contribution in [2.45, 2.75) is 26.2 Å². The number of carbonyl (C=O) groups excluding carboxylic acids is 3. The van der Waals surface area contributed by atoms with Crippen LogP contribution in [0.2, 0.25) is 0 Å². The van der Waals surface area contributed by atoms with Gasteiger partial charge in [-0.15, -0.1) is 10.2 Å². The monoisotopic (exact) mass is 325 g/mol. The summed E-state index contributed by atoms with van der Waals surface area (Å²) in [5.41, 5.74) is 1.53. The Morgan fingerprint density at radius 3 is 2.59 bits per heavy atom. The number of nitrogens with one attached hydrogen (secondary N) is 1. The topological polar surface area (TPSA) is 95.5 Å². The van der Waals surface area contributed by atoms with Crippen LogP contribution in [-0.2, 0) is 14.4 Å². The zero-order valence-corrected chi connectivity index (χ0v) is 13.3. The fourth-order valence-corrected chi connectivity index (χ4v) is 2.73. The standard InChI is InChI=1S/C13H19N5O3S/c1-10(19)17-5-2-6-18(8-7-17)12(21)4-3-11(20)15-13-16-14-9-22-13/h9H,2-8H2,1H3,(H,15,16,20). The molecule has 2 heterocycles. The maximum Gasteiger partial charge on any atom is 0.226 e. The van der Waals surface area contributed by atoms with Crippen LogP contribution in [0.15, 0.2) is 5.51 Å². The van der Waals surface area contributed by atoms with Crippen LogP contribution in [0.4, 0.5) is 5.13 Å². The highest BCUT2D eigenvalue weighted by Gasteiger charge is 2.20. The molecule has 1 fully saturated rings. The second-order valence-corrected chi connectivity index (χ2v) is 5.87. The number of hydrogen-bond acceptors (Lipinski definition) is 6. The van der Waals surface area contributed by atoms with Crippen molar-refractivity contribution >= 4 is 34.2 Å². The van der Waals surface area contributed by atoms with Crippen molar-refractivity contribution in [3.8, 4) is 0 Å². The third-order valence-corrected chi connectivity index (χ3v) is 4.07. The molecule has 0 atom stereocenters. The maximum absolute atomic E-state index is 12.2. The molecular weight excluding hydrogens is 306 g/mol. The molecule has 120 valence electrons. The van der Waals surface area contributed by atoms with Gasteiger partial charge in [0.2, 0.25) is 22.9 Å². The molecule has 0 saturated carbocycles. The lowest BCUT2D eigenvalue weighted by Crippen LogP contribution is -2.36. The van der Waals surface area contributed by atoms with Crippen LogP contribution in [0.1, 0.15) is 26.2 Å². The predicted molar refractivity (Wildman–Crippen MR) is 81.2 cm³/mol. The summed E-state index contributed by atoms with van der Waals surface area (Å²) in [4.78, 5) is 38.7. The molecule has 0 unspecified atom stereocenters. The molecule has 0 radical (unpaired) electrons. The summed E-state index contributed by atoms with van der Waals surface area (Å²) < 4.78 is 0.